The molecule has 102 valence electrons. The van der Waals surface area contributed by atoms with E-state index in [1.54, 1.807) is 0 Å². The van der Waals surface area contributed by atoms with Gasteiger partial charge in [-0.2, -0.15) is 0 Å². The molecule has 1 aromatic rings. The first-order valence-corrected chi connectivity index (χ1v) is 8.32. The van der Waals surface area contributed by atoms with Crippen molar-refractivity contribution in [2.75, 3.05) is 12.3 Å². The quantitative estimate of drug-likeness (QED) is 0.743. The van der Waals surface area contributed by atoms with Crippen molar-refractivity contribution in [2.24, 2.45) is 0 Å². The minimum atomic E-state index is -1.12. The molecule has 0 aliphatic heterocycles. The van der Waals surface area contributed by atoms with E-state index in [-0.39, 0.29) is 10.9 Å². The Bertz CT molecular complexity index is 407. The predicted molar refractivity (Wildman–Crippen MR) is 73.3 cm³/mol. The number of nitrogens with zero attached hydrogens (tertiary/aromatic N) is 2. The molecule has 1 aromatic heterocycles. The molecule has 0 aromatic carbocycles. The topological polar surface area (TPSA) is 72.0 Å². The van der Waals surface area contributed by atoms with E-state index in [0.717, 1.165) is 37.0 Å². The summed E-state index contributed by atoms with van der Waals surface area (Å²) in [5.41, 5.74) is 0. The van der Waals surface area contributed by atoms with Crippen molar-refractivity contribution in [3.63, 3.8) is 0 Å². The van der Waals surface area contributed by atoms with Crippen molar-refractivity contribution in [2.45, 2.75) is 43.9 Å². The van der Waals surface area contributed by atoms with Gasteiger partial charge in [-0.05, 0) is 13.3 Å². The maximum absolute atomic E-state index is 11.9. The highest BCUT2D eigenvalue weighted by atomic mass is 32.2. The minimum absolute atomic E-state index is 0.246. The van der Waals surface area contributed by atoms with Crippen molar-refractivity contribution in [3.8, 4) is 0 Å². The number of rotatable bonds is 8. The van der Waals surface area contributed by atoms with Crippen LogP contribution in [0.15, 0.2) is 4.34 Å². The summed E-state index contributed by atoms with van der Waals surface area (Å²) in [6.07, 6.45) is 4.34. The highest BCUT2D eigenvalue weighted by Crippen LogP contribution is 2.15. The standard InChI is InChI=1S/C11H19N3O2S2/c1-3-5-6-7-8-18(16)11-14-13-10(17-11)9(15)12-4-2/h3-8H2,1-2H3,(H,12,15). The average Bonchev–Trinajstić information content (AvgIpc) is 2.84. The molecule has 1 N–H and O–H groups in total. The van der Waals surface area contributed by atoms with E-state index in [2.05, 4.69) is 22.4 Å². The number of amides is 1. The highest BCUT2D eigenvalue weighted by molar-refractivity contribution is 7.87. The monoisotopic (exact) mass is 289 g/mol. The van der Waals surface area contributed by atoms with E-state index >= 15 is 0 Å². The molecule has 0 aliphatic carbocycles. The van der Waals surface area contributed by atoms with Gasteiger partial charge in [0.25, 0.3) is 5.91 Å². The van der Waals surface area contributed by atoms with E-state index < -0.39 is 10.8 Å². The van der Waals surface area contributed by atoms with Crippen molar-refractivity contribution in [1.82, 2.24) is 15.5 Å². The molecule has 0 fully saturated rings. The molecule has 0 spiro atoms. The zero-order valence-electron chi connectivity index (χ0n) is 10.8. The van der Waals surface area contributed by atoms with Crippen LogP contribution < -0.4 is 5.32 Å². The molecule has 0 bridgehead atoms. The Morgan fingerprint density at radius 3 is 2.72 bits per heavy atom. The first kappa shape index (κ1) is 15.2. The maximum Gasteiger partial charge on any atom is 0.282 e. The minimum Gasteiger partial charge on any atom is -0.350 e. The van der Waals surface area contributed by atoms with Crippen LogP contribution in [0.25, 0.3) is 0 Å². The van der Waals surface area contributed by atoms with Gasteiger partial charge in [0.1, 0.15) is 0 Å². The summed E-state index contributed by atoms with van der Waals surface area (Å²) in [7, 11) is -1.12. The Kier molecular flexibility index (Phi) is 7.04. The molecule has 18 heavy (non-hydrogen) atoms. The highest BCUT2D eigenvalue weighted by Gasteiger charge is 2.15. The fraction of sp³-hybridized carbons (Fsp3) is 0.727. The van der Waals surface area contributed by atoms with Crippen LogP contribution in [0.5, 0.6) is 0 Å². The third-order valence-electron chi connectivity index (χ3n) is 2.32. The molecule has 1 amide bonds. The van der Waals surface area contributed by atoms with E-state index in [9.17, 15) is 9.00 Å². The normalized spacial score (nSPS) is 12.3. The number of aromatic nitrogens is 2. The Morgan fingerprint density at radius 2 is 2.06 bits per heavy atom. The Morgan fingerprint density at radius 1 is 1.28 bits per heavy atom. The van der Waals surface area contributed by atoms with E-state index in [4.69, 9.17) is 0 Å². The predicted octanol–water partition coefficient (Wildman–Crippen LogP) is 1.98. The van der Waals surface area contributed by atoms with Gasteiger partial charge >= 0.3 is 0 Å². The fourth-order valence-corrected chi connectivity index (χ4v) is 3.50. The molecule has 7 heteroatoms. The first-order valence-electron chi connectivity index (χ1n) is 6.19. The van der Waals surface area contributed by atoms with Gasteiger partial charge in [0.15, 0.2) is 0 Å². The Hall–Kier alpha value is -0.820. The van der Waals surface area contributed by atoms with Gasteiger partial charge in [0.2, 0.25) is 9.35 Å². The molecule has 0 aliphatic rings. The van der Waals surface area contributed by atoms with Crippen molar-refractivity contribution < 1.29 is 9.00 Å². The van der Waals surface area contributed by atoms with Crippen LogP contribution in [0, 0.1) is 0 Å². The molecular formula is C11H19N3O2S2. The van der Waals surface area contributed by atoms with Gasteiger partial charge < -0.3 is 5.32 Å². The molecule has 1 unspecified atom stereocenters. The lowest BCUT2D eigenvalue weighted by Crippen LogP contribution is -2.22. The Labute approximate surface area is 114 Å². The SMILES string of the molecule is CCCCCCS(=O)c1nnc(C(=O)NCC)s1. The van der Waals surface area contributed by atoms with E-state index in [1.807, 2.05) is 6.92 Å². The summed E-state index contributed by atoms with van der Waals surface area (Å²) in [6, 6.07) is 0. The van der Waals surface area contributed by atoms with Crippen LogP contribution in [0.1, 0.15) is 49.3 Å². The number of unbranched alkanes of at least 4 members (excludes halogenated alkanes) is 3. The lowest BCUT2D eigenvalue weighted by molar-refractivity contribution is 0.0954. The molecule has 1 atom stereocenters. The average molecular weight is 289 g/mol. The second kappa shape index (κ2) is 8.31. The summed E-state index contributed by atoms with van der Waals surface area (Å²) >= 11 is 1.12. The van der Waals surface area contributed by atoms with Gasteiger partial charge in [-0.15, -0.1) is 10.2 Å². The summed E-state index contributed by atoms with van der Waals surface area (Å²) in [4.78, 5) is 11.5. The number of carbonyl (C=O) groups is 1. The van der Waals surface area contributed by atoms with E-state index in [1.165, 1.54) is 0 Å². The number of hydrogen-bond acceptors (Lipinski definition) is 5. The van der Waals surface area contributed by atoms with Gasteiger partial charge in [-0.25, -0.2) is 0 Å². The van der Waals surface area contributed by atoms with Crippen molar-refractivity contribution in [1.29, 1.82) is 0 Å². The van der Waals surface area contributed by atoms with Gasteiger partial charge in [-0.3, -0.25) is 9.00 Å². The fourth-order valence-electron chi connectivity index (χ4n) is 1.38. The van der Waals surface area contributed by atoms with Crippen LogP contribution >= 0.6 is 11.3 Å². The summed E-state index contributed by atoms with van der Waals surface area (Å²) in [6.45, 7) is 4.53. The lowest BCUT2D eigenvalue weighted by atomic mass is 10.2. The summed E-state index contributed by atoms with van der Waals surface area (Å²) in [5, 5.41) is 10.5. The maximum atomic E-state index is 11.9. The molecule has 1 rings (SSSR count). The van der Waals surface area contributed by atoms with Crippen LogP contribution in [-0.4, -0.2) is 32.6 Å². The summed E-state index contributed by atoms with van der Waals surface area (Å²) < 4.78 is 12.3. The number of carbonyl (C=O) groups excluding carboxylic acids is 1. The Balaban J connectivity index is 2.46. The number of nitrogens with one attached hydrogen (secondary N) is 1. The van der Waals surface area contributed by atoms with E-state index in [0.29, 0.717) is 16.6 Å². The third kappa shape index (κ3) is 4.81. The molecule has 0 radical (unpaired) electrons. The summed E-state index contributed by atoms with van der Waals surface area (Å²) in [5.74, 6) is 0.355. The van der Waals surface area contributed by atoms with Crippen LogP contribution in [0.2, 0.25) is 0 Å². The third-order valence-corrected chi connectivity index (χ3v) is 4.97. The molecule has 5 nitrogen and oxygen atoms in total. The van der Waals surface area contributed by atoms with Crippen molar-refractivity contribution >= 4 is 28.0 Å². The molecule has 1 heterocycles. The zero-order valence-corrected chi connectivity index (χ0v) is 12.4. The van der Waals surface area contributed by atoms with Crippen LogP contribution in [-0.2, 0) is 10.8 Å². The van der Waals surface area contributed by atoms with Crippen LogP contribution in [0.4, 0.5) is 0 Å². The molecular weight excluding hydrogens is 270 g/mol. The molecule has 0 saturated carbocycles. The van der Waals surface area contributed by atoms with Gasteiger partial charge in [0.05, 0.1) is 10.8 Å². The first-order chi connectivity index (χ1) is 8.69. The zero-order chi connectivity index (χ0) is 13.4. The smallest absolute Gasteiger partial charge is 0.282 e. The second-order valence-corrected chi connectivity index (χ2v) is 6.56. The number of hydrogen-bond donors (Lipinski definition) is 1. The lowest BCUT2D eigenvalue weighted by Gasteiger charge is -1.97. The van der Waals surface area contributed by atoms with Crippen LogP contribution in [0.3, 0.4) is 0 Å². The largest absolute Gasteiger partial charge is 0.350 e. The van der Waals surface area contributed by atoms with Crippen molar-refractivity contribution in [3.05, 3.63) is 5.01 Å². The second-order valence-electron chi connectivity index (χ2n) is 3.84. The van der Waals surface area contributed by atoms with Gasteiger partial charge in [-0.1, -0.05) is 37.5 Å². The molecule has 0 saturated heterocycles. The van der Waals surface area contributed by atoms with Gasteiger partial charge in [0, 0.05) is 12.3 Å².